The molecule has 0 spiro atoms. The molecule has 0 aromatic carbocycles. The Labute approximate surface area is 124 Å². The van der Waals surface area contributed by atoms with E-state index in [4.69, 9.17) is 0 Å². The van der Waals surface area contributed by atoms with Gasteiger partial charge in [0.1, 0.15) is 0 Å². The van der Waals surface area contributed by atoms with Gasteiger partial charge in [-0.3, -0.25) is 4.79 Å². The van der Waals surface area contributed by atoms with E-state index >= 15 is 0 Å². The van der Waals surface area contributed by atoms with E-state index in [1.54, 1.807) is 30.3 Å². The number of amides is 1. The summed E-state index contributed by atoms with van der Waals surface area (Å²) in [4.78, 5) is 22.0. The van der Waals surface area contributed by atoms with Gasteiger partial charge in [0.2, 0.25) is 5.91 Å². The average molecular weight is 297 g/mol. The van der Waals surface area contributed by atoms with Crippen LogP contribution >= 0.6 is 11.3 Å². The quantitative estimate of drug-likeness (QED) is 0.603. The molecule has 0 unspecified atom stereocenters. The zero-order chi connectivity index (χ0) is 15.0. The normalized spacial score (nSPS) is 11.3. The molecule has 1 amide bonds. The average Bonchev–Trinajstić information content (AvgIpc) is 2.89. The number of hydrogen-bond donors (Lipinski definition) is 2. The first-order valence-electron chi connectivity index (χ1n) is 6.72. The van der Waals surface area contributed by atoms with E-state index in [1.807, 2.05) is 12.3 Å². The van der Waals surface area contributed by atoms with Gasteiger partial charge in [-0.15, -0.1) is 11.3 Å². The number of guanidine groups is 1. The molecule has 1 heterocycles. The van der Waals surface area contributed by atoms with Gasteiger partial charge in [0.25, 0.3) is 0 Å². The molecule has 0 aliphatic rings. The molecule has 20 heavy (non-hydrogen) atoms. The number of hydrogen-bond acceptors (Lipinski definition) is 4. The highest BCUT2D eigenvalue weighted by molar-refractivity contribution is 7.09. The molecule has 7 heteroatoms. The van der Waals surface area contributed by atoms with Crippen LogP contribution in [0, 0.1) is 0 Å². The van der Waals surface area contributed by atoms with E-state index in [9.17, 15) is 4.79 Å². The molecule has 0 fully saturated rings. The van der Waals surface area contributed by atoms with Crippen LogP contribution in [0.4, 0.5) is 0 Å². The first kappa shape index (κ1) is 16.4. The van der Waals surface area contributed by atoms with Crippen molar-refractivity contribution < 1.29 is 4.79 Å². The van der Waals surface area contributed by atoms with Gasteiger partial charge in [0.15, 0.2) is 5.96 Å². The summed E-state index contributed by atoms with van der Waals surface area (Å²) in [6.45, 7) is 5.57. The molecular formula is C13H23N5OS. The number of likely N-dealkylation sites (N-methyl/N-ethyl adjacent to an activating group) is 1. The van der Waals surface area contributed by atoms with Crippen LogP contribution in [-0.2, 0) is 17.8 Å². The maximum atomic E-state index is 11.5. The van der Waals surface area contributed by atoms with Crippen molar-refractivity contribution in [3.8, 4) is 0 Å². The lowest BCUT2D eigenvalue weighted by molar-refractivity contribution is -0.127. The standard InChI is InChI=1S/C13H23N5OS/c1-5-11-17-10(9-20-11)7-15-13(14-6-2)16-8-12(19)18(3)4/h9H,5-8H2,1-4H3,(H2,14,15,16). The summed E-state index contributed by atoms with van der Waals surface area (Å²) in [6, 6.07) is 0. The van der Waals surface area contributed by atoms with Crippen LogP contribution in [0.1, 0.15) is 24.5 Å². The number of nitrogens with zero attached hydrogens (tertiary/aromatic N) is 3. The topological polar surface area (TPSA) is 69.6 Å². The van der Waals surface area contributed by atoms with Crippen LogP contribution in [0.25, 0.3) is 0 Å². The van der Waals surface area contributed by atoms with E-state index < -0.39 is 0 Å². The third-order valence-corrected chi connectivity index (χ3v) is 3.59. The number of carbonyl (C=O) groups excluding carboxylic acids is 1. The number of thiazole rings is 1. The number of nitrogens with one attached hydrogen (secondary N) is 2. The summed E-state index contributed by atoms with van der Waals surface area (Å²) in [6.07, 6.45) is 0.948. The molecule has 0 saturated carbocycles. The first-order chi connectivity index (χ1) is 9.56. The van der Waals surface area contributed by atoms with Gasteiger partial charge in [-0.2, -0.15) is 0 Å². The van der Waals surface area contributed by atoms with Crippen LogP contribution in [0.5, 0.6) is 0 Å². The summed E-state index contributed by atoms with van der Waals surface area (Å²) in [5.41, 5.74) is 0.961. The summed E-state index contributed by atoms with van der Waals surface area (Å²) < 4.78 is 0. The molecule has 0 aliphatic heterocycles. The van der Waals surface area contributed by atoms with E-state index in [1.165, 1.54) is 0 Å². The van der Waals surface area contributed by atoms with E-state index in [0.29, 0.717) is 12.5 Å². The van der Waals surface area contributed by atoms with Crippen LogP contribution < -0.4 is 10.6 Å². The fraction of sp³-hybridized carbons (Fsp3) is 0.615. The highest BCUT2D eigenvalue weighted by atomic mass is 32.1. The van der Waals surface area contributed by atoms with Crippen molar-refractivity contribution in [2.75, 3.05) is 27.2 Å². The molecule has 2 N–H and O–H groups in total. The fourth-order valence-electron chi connectivity index (χ4n) is 1.40. The lowest BCUT2D eigenvalue weighted by Gasteiger charge is -2.13. The summed E-state index contributed by atoms with van der Waals surface area (Å²) in [5, 5.41) is 9.27. The Kier molecular flexibility index (Phi) is 7.00. The predicted molar refractivity (Wildman–Crippen MR) is 83.0 cm³/mol. The Bertz CT molecular complexity index is 455. The van der Waals surface area contributed by atoms with E-state index in [-0.39, 0.29) is 12.5 Å². The van der Waals surface area contributed by atoms with Crippen molar-refractivity contribution in [2.24, 2.45) is 4.99 Å². The Hall–Kier alpha value is -1.63. The van der Waals surface area contributed by atoms with E-state index in [0.717, 1.165) is 23.7 Å². The van der Waals surface area contributed by atoms with Crippen molar-refractivity contribution in [1.82, 2.24) is 20.5 Å². The highest BCUT2D eigenvalue weighted by Crippen LogP contribution is 2.10. The van der Waals surface area contributed by atoms with Gasteiger partial charge >= 0.3 is 0 Å². The molecule has 1 aromatic heterocycles. The van der Waals surface area contributed by atoms with Gasteiger partial charge in [-0.1, -0.05) is 6.92 Å². The van der Waals surface area contributed by atoms with Crippen molar-refractivity contribution in [1.29, 1.82) is 0 Å². The van der Waals surface area contributed by atoms with Gasteiger partial charge < -0.3 is 15.5 Å². The molecule has 6 nitrogen and oxygen atoms in total. The monoisotopic (exact) mass is 297 g/mol. The molecule has 0 atom stereocenters. The molecule has 1 rings (SSSR count). The Morgan fingerprint density at radius 2 is 2.15 bits per heavy atom. The minimum absolute atomic E-state index is 0.0116. The maximum absolute atomic E-state index is 11.5. The first-order valence-corrected chi connectivity index (χ1v) is 7.60. The van der Waals surface area contributed by atoms with Crippen LogP contribution in [-0.4, -0.2) is 48.9 Å². The Morgan fingerprint density at radius 1 is 1.40 bits per heavy atom. The van der Waals surface area contributed by atoms with E-state index in [2.05, 4.69) is 27.5 Å². The summed E-state index contributed by atoms with van der Waals surface area (Å²) in [5.74, 6) is 0.645. The Balaban J connectivity index is 2.55. The maximum Gasteiger partial charge on any atom is 0.241 e. The van der Waals surface area contributed by atoms with Crippen molar-refractivity contribution in [2.45, 2.75) is 26.8 Å². The molecule has 0 radical (unpaired) electrons. The van der Waals surface area contributed by atoms with Gasteiger partial charge in [0, 0.05) is 26.0 Å². The lowest BCUT2D eigenvalue weighted by atomic mass is 10.4. The zero-order valence-corrected chi connectivity index (χ0v) is 13.4. The number of aromatic nitrogens is 1. The smallest absolute Gasteiger partial charge is 0.241 e. The second-order valence-electron chi connectivity index (χ2n) is 4.42. The number of aliphatic imine (C=N–C) groups is 1. The van der Waals surface area contributed by atoms with Crippen LogP contribution in [0.15, 0.2) is 10.4 Å². The lowest BCUT2D eigenvalue weighted by Crippen LogP contribution is -2.42. The molecule has 0 bridgehead atoms. The SMILES string of the molecule is CCNC(=NCc1csc(CC)n1)NCC(=O)N(C)C. The molecule has 112 valence electrons. The zero-order valence-electron chi connectivity index (χ0n) is 12.6. The molecule has 1 aromatic rings. The van der Waals surface area contributed by atoms with Gasteiger partial charge in [0.05, 0.1) is 23.8 Å². The number of aryl methyl sites for hydroxylation is 1. The number of rotatable bonds is 6. The third-order valence-electron chi connectivity index (χ3n) is 2.55. The van der Waals surface area contributed by atoms with Crippen LogP contribution in [0.3, 0.4) is 0 Å². The molecular weight excluding hydrogens is 274 g/mol. The third kappa shape index (κ3) is 5.56. The predicted octanol–water partition coefficient (Wildman–Crippen LogP) is 0.849. The Morgan fingerprint density at radius 3 is 2.70 bits per heavy atom. The van der Waals surface area contributed by atoms with Gasteiger partial charge in [-0.25, -0.2) is 9.98 Å². The van der Waals surface area contributed by atoms with Gasteiger partial charge in [-0.05, 0) is 13.3 Å². The minimum Gasteiger partial charge on any atom is -0.357 e. The van der Waals surface area contributed by atoms with Crippen molar-refractivity contribution in [3.05, 3.63) is 16.1 Å². The van der Waals surface area contributed by atoms with Crippen molar-refractivity contribution >= 4 is 23.2 Å². The second-order valence-corrected chi connectivity index (χ2v) is 5.37. The largest absolute Gasteiger partial charge is 0.357 e. The molecule has 0 aliphatic carbocycles. The second kappa shape index (κ2) is 8.52. The highest BCUT2D eigenvalue weighted by Gasteiger charge is 2.05. The van der Waals surface area contributed by atoms with Crippen molar-refractivity contribution in [3.63, 3.8) is 0 Å². The number of carbonyl (C=O) groups is 1. The fourth-order valence-corrected chi connectivity index (χ4v) is 2.14. The summed E-state index contributed by atoms with van der Waals surface area (Å²) >= 11 is 1.65. The molecule has 0 saturated heterocycles. The minimum atomic E-state index is 0.0116. The van der Waals surface area contributed by atoms with Crippen LogP contribution in [0.2, 0.25) is 0 Å². The summed E-state index contributed by atoms with van der Waals surface area (Å²) in [7, 11) is 3.46.